The van der Waals surface area contributed by atoms with Crippen molar-refractivity contribution in [2.24, 2.45) is 0 Å². The molecule has 0 saturated carbocycles. The quantitative estimate of drug-likeness (QED) is 0.851. The molecule has 88 valence electrons. The third-order valence-electron chi connectivity index (χ3n) is 2.76. The summed E-state index contributed by atoms with van der Waals surface area (Å²) in [5.41, 5.74) is 0.413. The first-order valence-corrected chi connectivity index (χ1v) is 7.50. The van der Waals surface area contributed by atoms with Gasteiger partial charge in [0, 0.05) is 21.6 Å². The molecule has 1 aromatic heterocycles. The maximum absolute atomic E-state index is 11.0. The van der Waals surface area contributed by atoms with Gasteiger partial charge in [0.15, 0.2) is 0 Å². The third-order valence-corrected chi connectivity index (χ3v) is 4.73. The summed E-state index contributed by atoms with van der Waals surface area (Å²) in [6.07, 6.45) is 5.71. The van der Waals surface area contributed by atoms with Gasteiger partial charge in [-0.1, -0.05) is 6.42 Å². The van der Waals surface area contributed by atoms with E-state index in [1.165, 1.54) is 25.0 Å². The predicted octanol–water partition coefficient (Wildman–Crippen LogP) is 3.08. The van der Waals surface area contributed by atoms with Gasteiger partial charge in [0.1, 0.15) is 5.69 Å². The highest BCUT2D eigenvalue weighted by Gasteiger charge is 2.18. The molecule has 0 bridgehead atoms. The van der Waals surface area contributed by atoms with Crippen molar-refractivity contribution in [3.8, 4) is 0 Å². The van der Waals surface area contributed by atoms with Gasteiger partial charge in [-0.05, 0) is 47.3 Å². The van der Waals surface area contributed by atoms with Crippen LogP contribution >= 0.6 is 34.4 Å². The Morgan fingerprint density at radius 1 is 1.62 bits per heavy atom. The predicted molar refractivity (Wildman–Crippen MR) is 74.2 cm³/mol. The zero-order chi connectivity index (χ0) is 11.5. The average molecular weight is 351 g/mol. The van der Waals surface area contributed by atoms with Gasteiger partial charge in [0.25, 0.3) is 0 Å². The summed E-state index contributed by atoms with van der Waals surface area (Å²) in [6, 6.07) is 1.73. The molecule has 0 aromatic carbocycles. The van der Waals surface area contributed by atoms with Crippen molar-refractivity contribution in [3.05, 3.63) is 21.5 Å². The molecule has 2 heterocycles. The Morgan fingerprint density at radius 3 is 3.06 bits per heavy atom. The van der Waals surface area contributed by atoms with Crippen molar-refractivity contribution in [1.82, 2.24) is 4.57 Å². The average Bonchev–Trinajstić information content (AvgIpc) is 2.61. The molecule has 16 heavy (non-hydrogen) atoms. The minimum Gasteiger partial charge on any atom is -0.477 e. The second-order valence-electron chi connectivity index (χ2n) is 3.99. The lowest BCUT2D eigenvalue weighted by Gasteiger charge is -2.22. The van der Waals surface area contributed by atoms with E-state index < -0.39 is 5.97 Å². The largest absolute Gasteiger partial charge is 0.477 e. The highest BCUT2D eigenvalue weighted by Crippen LogP contribution is 2.27. The molecular weight excluding hydrogens is 337 g/mol. The summed E-state index contributed by atoms with van der Waals surface area (Å²) in [5, 5.41) is 9.66. The second-order valence-corrected chi connectivity index (χ2v) is 6.64. The molecule has 5 heteroatoms. The Bertz CT molecular complexity index is 385. The lowest BCUT2D eigenvalue weighted by Crippen LogP contribution is -2.19. The lowest BCUT2D eigenvalue weighted by atomic mass is 10.2. The van der Waals surface area contributed by atoms with Crippen LogP contribution in [-0.4, -0.2) is 26.6 Å². The Morgan fingerprint density at radius 2 is 2.44 bits per heavy atom. The number of aromatic nitrogens is 1. The third kappa shape index (κ3) is 2.94. The van der Waals surface area contributed by atoms with Gasteiger partial charge < -0.3 is 9.67 Å². The van der Waals surface area contributed by atoms with Crippen LogP contribution in [0, 0.1) is 3.57 Å². The van der Waals surface area contributed by atoms with E-state index in [2.05, 4.69) is 22.6 Å². The molecule has 2 rings (SSSR count). The van der Waals surface area contributed by atoms with Crippen LogP contribution in [0.25, 0.3) is 0 Å². The Balaban J connectivity index is 2.10. The number of carbonyl (C=O) groups is 1. The van der Waals surface area contributed by atoms with E-state index in [-0.39, 0.29) is 0 Å². The van der Waals surface area contributed by atoms with E-state index in [4.69, 9.17) is 5.11 Å². The number of nitrogens with zero attached hydrogens (tertiary/aromatic N) is 1. The van der Waals surface area contributed by atoms with Gasteiger partial charge in [0.05, 0.1) is 0 Å². The number of hydrogen-bond acceptors (Lipinski definition) is 2. The summed E-state index contributed by atoms with van der Waals surface area (Å²) in [7, 11) is 0. The summed E-state index contributed by atoms with van der Waals surface area (Å²) < 4.78 is 2.88. The highest BCUT2D eigenvalue weighted by atomic mass is 127. The molecule has 0 amide bonds. The lowest BCUT2D eigenvalue weighted by molar-refractivity contribution is 0.0685. The van der Waals surface area contributed by atoms with Crippen LogP contribution < -0.4 is 0 Å². The number of rotatable bonds is 3. The van der Waals surface area contributed by atoms with Crippen molar-refractivity contribution in [1.29, 1.82) is 0 Å². The van der Waals surface area contributed by atoms with Gasteiger partial charge in [-0.25, -0.2) is 4.79 Å². The SMILES string of the molecule is O=C(O)c1cc(I)cn1CC1CCCCS1. The summed E-state index contributed by atoms with van der Waals surface area (Å²) in [5.74, 6) is 0.384. The molecule has 1 fully saturated rings. The van der Waals surface area contributed by atoms with E-state index in [0.29, 0.717) is 10.9 Å². The summed E-state index contributed by atoms with van der Waals surface area (Å²) >= 11 is 4.13. The molecule has 3 nitrogen and oxygen atoms in total. The minimum atomic E-state index is -0.830. The van der Waals surface area contributed by atoms with E-state index in [1.807, 2.05) is 22.5 Å². The van der Waals surface area contributed by atoms with E-state index in [1.54, 1.807) is 6.07 Å². The van der Waals surface area contributed by atoms with Crippen molar-refractivity contribution >= 4 is 40.3 Å². The monoisotopic (exact) mass is 351 g/mol. The van der Waals surface area contributed by atoms with Crippen LogP contribution in [0.15, 0.2) is 12.3 Å². The molecular formula is C11H14INO2S. The highest BCUT2D eigenvalue weighted by molar-refractivity contribution is 14.1. The van der Waals surface area contributed by atoms with Crippen LogP contribution in [0.3, 0.4) is 0 Å². The topological polar surface area (TPSA) is 42.2 Å². The van der Waals surface area contributed by atoms with Crippen LogP contribution in [0.2, 0.25) is 0 Å². The van der Waals surface area contributed by atoms with Gasteiger partial charge in [-0.3, -0.25) is 0 Å². The minimum absolute atomic E-state index is 0.413. The van der Waals surface area contributed by atoms with E-state index >= 15 is 0 Å². The fourth-order valence-corrected chi connectivity index (χ4v) is 3.91. The molecule has 1 aromatic rings. The number of thioether (sulfide) groups is 1. The molecule has 0 radical (unpaired) electrons. The fourth-order valence-electron chi connectivity index (χ4n) is 1.98. The van der Waals surface area contributed by atoms with Gasteiger partial charge in [-0.15, -0.1) is 0 Å². The van der Waals surface area contributed by atoms with Crippen LogP contribution in [0.4, 0.5) is 0 Å². The van der Waals surface area contributed by atoms with E-state index in [0.717, 1.165) is 10.1 Å². The maximum Gasteiger partial charge on any atom is 0.352 e. The normalized spacial score (nSPS) is 20.9. The van der Waals surface area contributed by atoms with E-state index in [9.17, 15) is 4.79 Å². The van der Waals surface area contributed by atoms with Crippen LogP contribution in [-0.2, 0) is 6.54 Å². The zero-order valence-electron chi connectivity index (χ0n) is 8.86. The number of aromatic carboxylic acids is 1. The van der Waals surface area contributed by atoms with Gasteiger partial charge in [0.2, 0.25) is 0 Å². The molecule has 0 spiro atoms. The first-order chi connectivity index (χ1) is 7.66. The molecule has 1 saturated heterocycles. The molecule has 1 N–H and O–H groups in total. The molecule has 1 atom stereocenters. The van der Waals surface area contributed by atoms with Crippen molar-refractivity contribution in [2.45, 2.75) is 31.1 Å². The Kier molecular flexibility index (Phi) is 4.18. The van der Waals surface area contributed by atoms with Gasteiger partial charge in [-0.2, -0.15) is 11.8 Å². The van der Waals surface area contributed by atoms with Crippen molar-refractivity contribution < 1.29 is 9.90 Å². The zero-order valence-corrected chi connectivity index (χ0v) is 11.8. The first-order valence-electron chi connectivity index (χ1n) is 5.37. The molecule has 1 aliphatic heterocycles. The molecule has 1 unspecified atom stereocenters. The second kappa shape index (κ2) is 5.44. The smallest absolute Gasteiger partial charge is 0.352 e. The van der Waals surface area contributed by atoms with Crippen molar-refractivity contribution in [2.75, 3.05) is 5.75 Å². The number of hydrogen-bond donors (Lipinski definition) is 1. The number of carboxylic acid groups (broad SMARTS) is 1. The standard InChI is InChI=1S/C11H14INO2S/c12-8-5-10(11(14)15)13(6-8)7-9-3-1-2-4-16-9/h5-6,9H,1-4,7H2,(H,14,15). The summed E-state index contributed by atoms with van der Waals surface area (Å²) in [4.78, 5) is 11.0. The summed E-state index contributed by atoms with van der Waals surface area (Å²) in [6.45, 7) is 0.829. The molecule has 1 aliphatic rings. The first kappa shape index (κ1) is 12.3. The van der Waals surface area contributed by atoms with Crippen LogP contribution in [0.5, 0.6) is 0 Å². The Hall–Kier alpha value is -0.170. The number of halogens is 1. The Labute approximate surface area is 113 Å². The van der Waals surface area contributed by atoms with Gasteiger partial charge >= 0.3 is 5.97 Å². The molecule has 0 aliphatic carbocycles. The van der Waals surface area contributed by atoms with Crippen molar-refractivity contribution in [3.63, 3.8) is 0 Å². The van der Waals surface area contributed by atoms with Crippen LogP contribution in [0.1, 0.15) is 29.8 Å². The maximum atomic E-state index is 11.0. The fraction of sp³-hybridized carbons (Fsp3) is 0.545. The number of carboxylic acids is 1.